The molecule has 0 bridgehead atoms. The molecule has 5 atom stereocenters. The molecule has 0 amide bonds. The molecule has 33 heavy (non-hydrogen) atoms. The lowest BCUT2D eigenvalue weighted by Crippen LogP contribution is -2.43. The Morgan fingerprint density at radius 3 is 2.76 bits per heavy atom. The van der Waals surface area contributed by atoms with Crippen LogP contribution in [0.25, 0.3) is 0 Å². The monoisotopic (exact) mass is 464 g/mol. The predicted molar refractivity (Wildman–Crippen MR) is 136 cm³/mol. The van der Waals surface area contributed by atoms with Crippen LogP contribution in [0.3, 0.4) is 0 Å². The molecule has 0 heterocycles. The summed E-state index contributed by atoms with van der Waals surface area (Å²) in [5.41, 5.74) is 10.3. The van der Waals surface area contributed by atoms with Crippen LogP contribution in [-0.2, 0) is 13.0 Å². The minimum atomic E-state index is -0.108. The van der Waals surface area contributed by atoms with Crippen LogP contribution in [-0.4, -0.2) is 34.4 Å². The molecule has 2 aromatic carbocycles. The molecule has 3 aliphatic rings. The van der Waals surface area contributed by atoms with Crippen molar-refractivity contribution in [2.24, 2.45) is 23.0 Å². The van der Waals surface area contributed by atoms with Gasteiger partial charge in [-0.3, -0.25) is 0 Å². The van der Waals surface area contributed by atoms with Gasteiger partial charge in [0.2, 0.25) is 0 Å². The first-order chi connectivity index (χ1) is 16.0. The first-order valence-corrected chi connectivity index (χ1v) is 12.9. The predicted octanol–water partition coefficient (Wildman–Crippen LogP) is 5.03. The molecule has 176 valence electrons. The van der Waals surface area contributed by atoms with Gasteiger partial charge in [-0.25, -0.2) is 0 Å². The van der Waals surface area contributed by atoms with Crippen molar-refractivity contribution in [2.45, 2.75) is 64.0 Å². The fourth-order valence-electron chi connectivity index (χ4n) is 6.97. The zero-order chi connectivity index (χ0) is 23.0. The van der Waals surface area contributed by atoms with Gasteiger partial charge < -0.3 is 20.5 Å². The van der Waals surface area contributed by atoms with Crippen LogP contribution in [0, 0.1) is 17.3 Å². The number of rotatable bonds is 6. The highest BCUT2D eigenvalue weighted by Gasteiger charge is 2.54. The quantitative estimate of drug-likeness (QED) is 0.588. The van der Waals surface area contributed by atoms with Crippen LogP contribution in [0.4, 0.5) is 0 Å². The number of nitrogens with zero attached hydrogens (tertiary/aromatic N) is 1. The minimum Gasteiger partial charge on any atom is -0.492 e. The molecule has 5 unspecified atom stereocenters. The Labute approximate surface area is 203 Å². The van der Waals surface area contributed by atoms with Crippen LogP contribution >= 0.6 is 12.2 Å². The van der Waals surface area contributed by atoms with E-state index in [1.54, 1.807) is 0 Å². The van der Waals surface area contributed by atoms with Crippen molar-refractivity contribution in [3.8, 4) is 5.75 Å². The molecule has 2 fully saturated rings. The van der Waals surface area contributed by atoms with E-state index in [4.69, 9.17) is 22.7 Å². The standard InChI is InChI=1S/C28H36N2O2S/c1-28-14-13-23-22-10-8-21(17-20(22)7-9-24(23)25(28)11-12-26(28)31)32-16-15-30(27(29)33)18-19-5-3-2-4-6-19/h2-6,8,10,17,23-26,31H,7,9,11-16,18H2,1H3,(H2,29,33). The van der Waals surface area contributed by atoms with Crippen molar-refractivity contribution in [2.75, 3.05) is 13.2 Å². The van der Waals surface area contributed by atoms with E-state index in [0.29, 0.717) is 36.6 Å². The van der Waals surface area contributed by atoms with Gasteiger partial charge in [-0.2, -0.15) is 0 Å². The van der Waals surface area contributed by atoms with Crippen molar-refractivity contribution in [3.63, 3.8) is 0 Å². The highest BCUT2D eigenvalue weighted by Crippen LogP contribution is 2.60. The Morgan fingerprint density at radius 2 is 1.97 bits per heavy atom. The van der Waals surface area contributed by atoms with Crippen LogP contribution in [0.1, 0.15) is 61.6 Å². The van der Waals surface area contributed by atoms with E-state index >= 15 is 0 Å². The van der Waals surface area contributed by atoms with Crippen LogP contribution in [0.2, 0.25) is 0 Å². The molecule has 3 N–H and O–H groups in total. The Balaban J connectivity index is 1.22. The highest BCUT2D eigenvalue weighted by molar-refractivity contribution is 7.80. The van der Waals surface area contributed by atoms with Crippen LogP contribution < -0.4 is 10.5 Å². The Bertz CT molecular complexity index is 997. The zero-order valence-electron chi connectivity index (χ0n) is 19.6. The summed E-state index contributed by atoms with van der Waals surface area (Å²) in [7, 11) is 0. The van der Waals surface area contributed by atoms with Gasteiger partial charge >= 0.3 is 0 Å². The van der Waals surface area contributed by atoms with E-state index in [1.165, 1.54) is 36.0 Å². The average molecular weight is 465 g/mol. The lowest BCUT2D eigenvalue weighted by Gasteiger charge is -2.50. The summed E-state index contributed by atoms with van der Waals surface area (Å²) in [6.07, 6.45) is 6.76. The van der Waals surface area contributed by atoms with E-state index in [2.05, 4.69) is 37.3 Å². The lowest BCUT2D eigenvalue weighted by molar-refractivity contribution is -0.0226. The number of benzene rings is 2. The molecule has 0 spiro atoms. The van der Waals surface area contributed by atoms with Crippen molar-refractivity contribution in [1.29, 1.82) is 0 Å². The number of aryl methyl sites for hydroxylation is 1. The SMILES string of the molecule is CC12CCC3c4ccc(OCCN(Cc5ccccc5)C(N)=S)cc4CCC3C1CCC2O. The third-order valence-corrected chi connectivity index (χ3v) is 9.06. The molecule has 5 heteroatoms. The third-order valence-electron chi connectivity index (χ3n) is 8.81. The highest BCUT2D eigenvalue weighted by atomic mass is 32.1. The largest absolute Gasteiger partial charge is 0.492 e. The number of aliphatic hydroxyl groups excluding tert-OH is 1. The van der Waals surface area contributed by atoms with E-state index in [9.17, 15) is 5.11 Å². The van der Waals surface area contributed by atoms with E-state index in [0.717, 1.165) is 30.9 Å². The summed E-state index contributed by atoms with van der Waals surface area (Å²) in [5, 5.41) is 11.0. The van der Waals surface area contributed by atoms with Crippen molar-refractivity contribution >= 4 is 17.3 Å². The number of hydrogen-bond donors (Lipinski definition) is 2. The summed E-state index contributed by atoms with van der Waals surface area (Å²) in [6.45, 7) is 4.25. The molecule has 0 aromatic heterocycles. The van der Waals surface area contributed by atoms with Gasteiger partial charge in [0.25, 0.3) is 0 Å². The smallest absolute Gasteiger partial charge is 0.166 e. The number of thiocarbonyl (C=S) groups is 1. The molecule has 5 rings (SSSR count). The topological polar surface area (TPSA) is 58.7 Å². The normalized spacial score (nSPS) is 30.1. The second-order valence-electron chi connectivity index (χ2n) is 10.5. The van der Waals surface area contributed by atoms with Crippen LogP contribution in [0.15, 0.2) is 48.5 Å². The number of ether oxygens (including phenoxy) is 1. The minimum absolute atomic E-state index is 0.108. The summed E-state index contributed by atoms with van der Waals surface area (Å²) < 4.78 is 6.14. The Kier molecular flexibility index (Phi) is 6.37. The first-order valence-electron chi connectivity index (χ1n) is 12.5. The second-order valence-corrected chi connectivity index (χ2v) is 10.9. The van der Waals surface area contributed by atoms with Gasteiger partial charge in [-0.15, -0.1) is 0 Å². The molecular weight excluding hydrogens is 428 g/mol. The van der Waals surface area contributed by atoms with E-state index < -0.39 is 0 Å². The average Bonchev–Trinajstić information content (AvgIpc) is 3.13. The molecule has 3 aliphatic carbocycles. The van der Waals surface area contributed by atoms with Gasteiger partial charge in [-0.1, -0.05) is 43.3 Å². The molecule has 0 aliphatic heterocycles. The fourth-order valence-corrected chi connectivity index (χ4v) is 7.12. The number of hydrogen-bond acceptors (Lipinski definition) is 3. The van der Waals surface area contributed by atoms with Gasteiger partial charge in [0.05, 0.1) is 12.6 Å². The number of nitrogens with two attached hydrogens (primary N) is 1. The lowest BCUT2D eigenvalue weighted by atomic mass is 9.55. The zero-order valence-corrected chi connectivity index (χ0v) is 20.4. The first kappa shape index (κ1) is 22.7. The third kappa shape index (κ3) is 4.38. The summed E-state index contributed by atoms with van der Waals surface area (Å²) in [5.74, 6) is 2.97. The van der Waals surface area contributed by atoms with E-state index in [-0.39, 0.29) is 11.5 Å². The maximum absolute atomic E-state index is 10.6. The number of aliphatic hydroxyl groups is 1. The second kappa shape index (κ2) is 9.27. The number of fused-ring (bicyclic) bond motifs is 5. The molecular formula is C28H36N2O2S. The van der Waals surface area contributed by atoms with Gasteiger partial charge in [-0.05, 0) is 103 Å². The molecule has 2 aromatic rings. The Hall–Kier alpha value is -2.11. The van der Waals surface area contributed by atoms with Crippen molar-refractivity contribution in [3.05, 3.63) is 65.2 Å². The Morgan fingerprint density at radius 1 is 1.15 bits per heavy atom. The molecule has 0 radical (unpaired) electrons. The van der Waals surface area contributed by atoms with Gasteiger partial charge in [0, 0.05) is 6.54 Å². The van der Waals surface area contributed by atoms with Crippen LogP contribution in [0.5, 0.6) is 5.75 Å². The maximum atomic E-state index is 10.6. The summed E-state index contributed by atoms with van der Waals surface area (Å²) >= 11 is 5.26. The molecule has 2 saturated carbocycles. The summed E-state index contributed by atoms with van der Waals surface area (Å²) in [4.78, 5) is 1.99. The summed E-state index contributed by atoms with van der Waals surface area (Å²) in [6, 6.07) is 17.0. The molecule has 4 nitrogen and oxygen atoms in total. The van der Waals surface area contributed by atoms with Gasteiger partial charge in [0.15, 0.2) is 5.11 Å². The molecule has 0 saturated heterocycles. The van der Waals surface area contributed by atoms with Crippen molar-refractivity contribution < 1.29 is 9.84 Å². The van der Waals surface area contributed by atoms with Crippen molar-refractivity contribution in [1.82, 2.24) is 4.90 Å². The van der Waals surface area contributed by atoms with Gasteiger partial charge in [0.1, 0.15) is 12.4 Å². The fraction of sp³-hybridized carbons (Fsp3) is 0.536. The van der Waals surface area contributed by atoms with E-state index in [1.807, 2.05) is 23.1 Å². The maximum Gasteiger partial charge on any atom is 0.166 e.